The van der Waals surface area contributed by atoms with Crippen molar-refractivity contribution in [1.29, 1.82) is 0 Å². The molecule has 1 aromatic heterocycles. The zero-order valence-corrected chi connectivity index (χ0v) is 73.6. The molecule has 4 aromatic rings. The fourth-order valence-electron chi connectivity index (χ4n) is 14.6. The van der Waals surface area contributed by atoms with Crippen LogP contribution in [0.15, 0.2) is 100 Å². The number of aliphatic hydroxyl groups is 1. The van der Waals surface area contributed by atoms with Gasteiger partial charge in [-0.05, 0) is 116 Å². The first-order valence-electron chi connectivity index (χ1n) is 42.6. The predicted octanol–water partition coefficient (Wildman–Crippen LogP) is -2.19. The molecule has 1 aliphatic carbocycles. The van der Waals surface area contributed by atoms with Crippen LogP contribution >= 0.6 is 0 Å². The number of aromatic hydroxyl groups is 1. The molecule has 44 heteroatoms. The summed E-state index contributed by atoms with van der Waals surface area (Å²) in [5.74, 6) is -26.1. The molecule has 1 saturated heterocycles. The van der Waals surface area contributed by atoms with Gasteiger partial charge >= 0.3 is 18.0 Å². The summed E-state index contributed by atoms with van der Waals surface area (Å²) in [6, 6.07) is -1.79. The summed E-state index contributed by atoms with van der Waals surface area (Å²) in [5, 5.41) is 71.3. The number of hydrogen-bond acceptors (Lipinski definition) is 24. The average molecular weight is 1830 g/mol. The highest BCUT2D eigenvalue weighted by atomic mass is 16.4. The molecule has 0 spiro atoms. The lowest BCUT2D eigenvalue weighted by Crippen LogP contribution is -2.62. The van der Waals surface area contributed by atoms with E-state index in [1.165, 1.54) is 81.6 Å². The predicted molar refractivity (Wildman–Crippen MR) is 470 cm³/mol. The number of aliphatic carboxylic acids is 2. The SMILES string of the molecule is CC[C@H](C)[C@@H]1NC(=O)[C@H](CCCCN)NC(=O)[C@H](CC(C)C)NC(=O)[C@H](CO)NC(=O)[C@H](CC(N)=O)NC(=O)[C@H](Cc2c[nH]c3ccccc23)NC(=O)CN(C(=O)c2ccccc2-c2c3ccc(=O)cc-3oc3cc(O)ccc23)C(=O)NCCCN(CC(N)=O)C(=O)[C@H](C(C)C)NC(=O)[C@H](CC(=O)O)NC(=O)[C@H](CC(C)C)NC(=O)[C@H](CC(N)=O)NC(=O)[C@H](CC(=O)O)NC1=O. The fourth-order valence-corrected chi connectivity index (χ4v) is 14.6. The number of primary amides is 3. The summed E-state index contributed by atoms with van der Waals surface area (Å²) in [6.07, 6.45) is -4.06. The molecule has 131 heavy (non-hydrogen) atoms. The van der Waals surface area contributed by atoms with Crippen LogP contribution in [-0.4, -0.2) is 253 Å². The van der Waals surface area contributed by atoms with Crippen LogP contribution in [0.5, 0.6) is 5.75 Å². The summed E-state index contributed by atoms with van der Waals surface area (Å²) in [7, 11) is 0. The van der Waals surface area contributed by atoms with E-state index in [1.54, 1.807) is 58.9 Å². The first-order valence-corrected chi connectivity index (χ1v) is 42.6. The Balaban J connectivity index is 1.35. The first kappa shape index (κ1) is 104. The Bertz CT molecular complexity index is 5260. The molecular weight excluding hydrogens is 1710 g/mol. The number of carbonyl (C=O) groups excluding carboxylic acids is 17. The van der Waals surface area contributed by atoms with Crippen molar-refractivity contribution in [2.75, 3.05) is 39.3 Å². The number of fused-ring (bicyclic) bond motifs is 3. The Morgan fingerprint density at radius 1 is 0.519 bits per heavy atom. The number of carboxylic acid groups (broad SMARTS) is 2. The summed E-state index contributed by atoms with van der Waals surface area (Å²) >= 11 is 0. The lowest BCUT2D eigenvalue weighted by Gasteiger charge is -2.31. The quantitative estimate of drug-likeness (QED) is 0.0203. The number of aliphatic hydroxyl groups excluding tert-OH is 1. The van der Waals surface area contributed by atoms with Crippen LogP contribution in [0.4, 0.5) is 4.79 Å². The highest BCUT2D eigenvalue weighted by Gasteiger charge is 2.42. The van der Waals surface area contributed by atoms with E-state index in [0.717, 1.165) is 11.0 Å². The maximum atomic E-state index is 15.8. The van der Waals surface area contributed by atoms with Gasteiger partial charge in [0.2, 0.25) is 88.6 Å². The topological polar surface area (TPSA) is 706 Å². The van der Waals surface area contributed by atoms with E-state index in [-0.39, 0.29) is 96.2 Å². The van der Waals surface area contributed by atoms with Crippen molar-refractivity contribution < 1.29 is 116 Å². The second-order valence-electron chi connectivity index (χ2n) is 33.1. The third-order valence-electron chi connectivity index (χ3n) is 21.4. The third-order valence-corrected chi connectivity index (χ3v) is 21.4. The van der Waals surface area contributed by atoms with Crippen molar-refractivity contribution in [3.05, 3.63) is 112 Å². The van der Waals surface area contributed by atoms with Gasteiger partial charge in [-0.3, -0.25) is 96.0 Å². The van der Waals surface area contributed by atoms with Crippen LogP contribution < -0.4 is 92.2 Å². The summed E-state index contributed by atoms with van der Waals surface area (Å²) in [4.78, 5) is 288. The van der Waals surface area contributed by atoms with E-state index in [0.29, 0.717) is 21.4 Å². The largest absolute Gasteiger partial charge is 0.508 e. The highest BCUT2D eigenvalue weighted by molar-refractivity contribution is 6.14. The Hall–Kier alpha value is -14.5. The smallest absolute Gasteiger partial charge is 0.324 e. The van der Waals surface area contributed by atoms with Gasteiger partial charge in [0.05, 0.1) is 38.8 Å². The number of urea groups is 1. The van der Waals surface area contributed by atoms with E-state index < -0.39 is 273 Å². The molecule has 3 aliphatic rings. The standard InChI is InChI=1S/C87H115N19O25/c1-9-45(8)74-84(127)101-61(36-70(114)115)81(124)99-59(34-66(89)110)79(122)96-57(30-43(4)5)77(120)100-62(37-71(116)117)82(125)103-73(44(6)7)86(129)105(39-68(91)112)28-16-27-92-87(130)106(85(128)51-19-11-10-18-50(51)72-52-24-22-47(108)32-64(52)131-65-33-48(109)23-25-53(65)72)40-69(113)94-58(31-46-38-93-54-20-13-12-17-49(46)54)78(121)98-60(35-67(90)111)80(123)102-63(41-107)83(126)97-56(29-42(2)3)76(119)95-55(75(118)104-74)21-14-15-26-88/h10-13,17-20,22-25,32-33,38,42-45,55-63,73-74,93,107-108H,9,14-16,21,26-31,34-37,39-41,88H2,1-8H3,(H2,89,110)(H2,90,111)(H2,91,112)(H,92,130)(H,94,113)(H,95,119)(H,96,122)(H,97,126)(H,98,121)(H,99,124)(H,100,120)(H,101,127)(H,102,123)(H,103,125)(H,104,118)(H,114,115)(H,116,117)/t45-,55-,56-,57-,58-,59-,60-,61-,62-,63-,73-,74-/m0/s1. The van der Waals surface area contributed by atoms with Crippen LogP contribution in [0.3, 0.4) is 0 Å². The number of hydrogen-bond donors (Lipinski definition) is 21. The van der Waals surface area contributed by atoms with Crippen molar-refractivity contribution >= 4 is 134 Å². The number of aromatic nitrogens is 1. The second-order valence-corrected chi connectivity index (χ2v) is 33.1. The van der Waals surface area contributed by atoms with Crippen LogP contribution in [0.25, 0.3) is 44.3 Å². The van der Waals surface area contributed by atoms with E-state index >= 15 is 19.2 Å². The molecule has 7 rings (SSSR count). The molecule has 0 bridgehead atoms. The van der Waals surface area contributed by atoms with Gasteiger partial charge in [-0.15, -0.1) is 0 Å². The van der Waals surface area contributed by atoms with Crippen LogP contribution in [0.1, 0.15) is 142 Å². The minimum atomic E-state index is -2.14. The molecule has 25 N–H and O–H groups in total. The third kappa shape index (κ3) is 30.1. The van der Waals surface area contributed by atoms with Gasteiger partial charge in [-0.25, -0.2) is 4.79 Å². The molecule has 2 aliphatic heterocycles. The number of carboxylic acids is 2. The Kier molecular flexibility index (Phi) is 38.5. The molecule has 3 heterocycles. The number of aromatic amines is 1. The number of phenolic OH excluding ortho intramolecular Hbond substituents is 1. The van der Waals surface area contributed by atoms with Gasteiger partial charge in [-0.1, -0.05) is 98.2 Å². The van der Waals surface area contributed by atoms with Crippen molar-refractivity contribution in [2.24, 2.45) is 46.6 Å². The minimum absolute atomic E-state index is 0.0126. The highest BCUT2D eigenvalue weighted by Crippen LogP contribution is 2.42. The molecule has 1 fully saturated rings. The normalized spacial score (nSPS) is 21.8. The Labute approximate surface area is 751 Å². The summed E-state index contributed by atoms with van der Waals surface area (Å²) in [6.45, 7) is 8.03. The monoisotopic (exact) mass is 1830 g/mol. The summed E-state index contributed by atoms with van der Waals surface area (Å²) in [5.41, 5.74) is 23.4. The number of nitrogens with zero attached hydrogens (tertiary/aromatic N) is 2. The molecule has 708 valence electrons. The molecule has 44 nitrogen and oxygen atoms in total. The van der Waals surface area contributed by atoms with Crippen LogP contribution in [0, 0.1) is 23.7 Å². The van der Waals surface area contributed by atoms with E-state index in [1.807, 2.05) is 0 Å². The van der Waals surface area contributed by atoms with Crippen molar-refractivity contribution in [2.45, 2.75) is 199 Å². The number of H-pyrrole nitrogens is 1. The van der Waals surface area contributed by atoms with Crippen molar-refractivity contribution in [3.8, 4) is 28.2 Å². The second kappa shape index (κ2) is 48.6. The maximum absolute atomic E-state index is 15.8. The molecule has 0 radical (unpaired) electrons. The zero-order chi connectivity index (χ0) is 96.9. The van der Waals surface area contributed by atoms with Crippen LogP contribution in [0.2, 0.25) is 0 Å². The lowest BCUT2D eigenvalue weighted by molar-refractivity contribution is -0.143. The first-order chi connectivity index (χ1) is 61.9. The number of carbonyl (C=O) groups is 19. The number of imide groups is 1. The molecule has 3 aromatic carbocycles. The van der Waals surface area contributed by atoms with Gasteiger partial charge in [0.1, 0.15) is 90.1 Å². The van der Waals surface area contributed by atoms with Gasteiger partial charge in [0.15, 0.2) is 5.43 Å². The Morgan fingerprint density at radius 3 is 1.57 bits per heavy atom. The lowest BCUT2D eigenvalue weighted by atomic mass is 9.90. The number of unbranched alkanes of at least 4 members (excludes halogenated alkanes) is 1. The molecule has 0 unspecified atom stereocenters. The number of para-hydroxylation sites is 1. The number of nitrogens with one attached hydrogen (secondary N) is 13. The van der Waals surface area contributed by atoms with E-state index in [9.17, 15) is 97.1 Å². The van der Waals surface area contributed by atoms with Gasteiger partial charge < -0.3 is 121 Å². The molecule has 18 amide bonds. The Morgan fingerprint density at radius 2 is 1.02 bits per heavy atom. The van der Waals surface area contributed by atoms with E-state index in [2.05, 4.69) is 68.8 Å². The number of amides is 18. The zero-order valence-electron chi connectivity index (χ0n) is 73.6. The number of nitrogens with two attached hydrogens (primary N) is 4. The van der Waals surface area contributed by atoms with Gasteiger partial charge in [0.25, 0.3) is 5.91 Å². The van der Waals surface area contributed by atoms with Gasteiger partial charge in [-0.2, -0.15) is 0 Å². The van der Waals surface area contributed by atoms with Crippen molar-refractivity contribution in [1.82, 2.24) is 78.6 Å². The molecule has 12 atom stereocenters. The fraction of sp³-hybridized carbons (Fsp3) is 0.471. The number of rotatable bonds is 26. The van der Waals surface area contributed by atoms with Gasteiger partial charge in [0, 0.05) is 70.8 Å². The minimum Gasteiger partial charge on any atom is -0.508 e. The molecule has 0 saturated carbocycles. The average Bonchev–Trinajstić information content (AvgIpc) is 1.09. The summed E-state index contributed by atoms with van der Waals surface area (Å²) < 4.78 is 6.08. The number of phenols is 1. The van der Waals surface area contributed by atoms with Crippen molar-refractivity contribution in [3.63, 3.8) is 0 Å². The van der Waals surface area contributed by atoms with Crippen LogP contribution in [-0.2, 0) is 87.9 Å². The van der Waals surface area contributed by atoms with E-state index in [4.69, 9.17) is 27.4 Å². The number of benzene rings is 4. The maximum Gasteiger partial charge on any atom is 0.324 e. The molecular formula is C87H115N19O25.